The van der Waals surface area contributed by atoms with Crippen LogP contribution in [0.4, 0.5) is 13.2 Å². The SMILES string of the molecule is FC(F)(F)c1cnc(Cl)cc1-n1cnc(C2CC2)c1. The zero-order valence-corrected chi connectivity index (χ0v) is 10.4. The molecule has 2 heterocycles. The van der Waals surface area contributed by atoms with Gasteiger partial charge in [-0.1, -0.05) is 11.6 Å². The van der Waals surface area contributed by atoms with E-state index in [4.69, 9.17) is 11.6 Å². The summed E-state index contributed by atoms with van der Waals surface area (Å²) in [6.45, 7) is 0. The van der Waals surface area contributed by atoms with Crippen LogP contribution in [-0.4, -0.2) is 14.5 Å². The highest BCUT2D eigenvalue weighted by molar-refractivity contribution is 6.29. The quantitative estimate of drug-likeness (QED) is 0.786. The van der Waals surface area contributed by atoms with Crippen LogP contribution in [0.2, 0.25) is 5.15 Å². The Kier molecular flexibility index (Phi) is 2.78. The van der Waals surface area contributed by atoms with Crippen LogP contribution in [0.15, 0.2) is 24.8 Å². The molecular formula is C12H9ClF3N3. The maximum atomic E-state index is 12.9. The summed E-state index contributed by atoms with van der Waals surface area (Å²) in [5.74, 6) is 0.382. The molecule has 100 valence electrons. The molecule has 0 aromatic carbocycles. The molecule has 19 heavy (non-hydrogen) atoms. The Labute approximate surface area is 112 Å². The highest BCUT2D eigenvalue weighted by Gasteiger charge is 2.35. The first-order valence-electron chi connectivity index (χ1n) is 5.72. The van der Waals surface area contributed by atoms with Gasteiger partial charge in [0.05, 0.1) is 23.3 Å². The molecule has 0 radical (unpaired) electrons. The molecule has 0 saturated heterocycles. The Bertz CT molecular complexity index is 617. The maximum Gasteiger partial charge on any atom is 0.419 e. The molecule has 7 heteroatoms. The summed E-state index contributed by atoms with van der Waals surface area (Å²) in [4.78, 5) is 7.64. The summed E-state index contributed by atoms with van der Waals surface area (Å²) in [5.41, 5.74) is -0.0513. The van der Waals surface area contributed by atoms with Crippen molar-refractivity contribution in [2.75, 3.05) is 0 Å². The van der Waals surface area contributed by atoms with Gasteiger partial charge >= 0.3 is 6.18 Å². The summed E-state index contributed by atoms with van der Waals surface area (Å²) >= 11 is 5.69. The molecule has 0 atom stereocenters. The number of hydrogen-bond acceptors (Lipinski definition) is 2. The van der Waals surface area contributed by atoms with Gasteiger partial charge in [-0.3, -0.25) is 0 Å². The highest BCUT2D eigenvalue weighted by Crippen LogP contribution is 2.40. The second-order valence-corrected chi connectivity index (χ2v) is 4.89. The third-order valence-corrected chi connectivity index (χ3v) is 3.24. The second kappa shape index (κ2) is 4.23. The third kappa shape index (κ3) is 2.45. The Morgan fingerprint density at radius 3 is 2.63 bits per heavy atom. The minimum absolute atomic E-state index is 0.0182. The van der Waals surface area contributed by atoms with Gasteiger partial charge in [0.15, 0.2) is 0 Å². The van der Waals surface area contributed by atoms with Crippen LogP contribution < -0.4 is 0 Å². The number of halogens is 4. The van der Waals surface area contributed by atoms with E-state index < -0.39 is 11.7 Å². The van der Waals surface area contributed by atoms with Crippen molar-refractivity contribution in [2.24, 2.45) is 0 Å². The molecule has 2 aromatic heterocycles. The molecule has 0 unspecified atom stereocenters. The molecule has 0 N–H and O–H groups in total. The predicted octanol–water partition coefficient (Wildman–Crippen LogP) is 3.82. The van der Waals surface area contributed by atoms with Gasteiger partial charge in [0.25, 0.3) is 0 Å². The van der Waals surface area contributed by atoms with E-state index in [-0.39, 0.29) is 10.8 Å². The van der Waals surface area contributed by atoms with Crippen molar-refractivity contribution in [3.63, 3.8) is 0 Å². The van der Waals surface area contributed by atoms with E-state index in [0.717, 1.165) is 24.7 Å². The van der Waals surface area contributed by atoms with Crippen molar-refractivity contribution in [3.8, 4) is 5.69 Å². The van der Waals surface area contributed by atoms with Crippen LogP contribution in [0, 0.1) is 0 Å². The van der Waals surface area contributed by atoms with Gasteiger partial charge in [0.1, 0.15) is 5.15 Å². The molecule has 3 rings (SSSR count). The number of rotatable bonds is 2. The summed E-state index contributed by atoms with van der Waals surface area (Å²) in [6, 6.07) is 1.20. The van der Waals surface area contributed by atoms with Crippen LogP contribution in [0.3, 0.4) is 0 Å². The number of alkyl halides is 3. The molecule has 0 spiro atoms. The lowest BCUT2D eigenvalue weighted by atomic mass is 10.2. The summed E-state index contributed by atoms with van der Waals surface area (Å²) in [6.07, 6.45) is 1.36. The van der Waals surface area contributed by atoms with Crippen LogP contribution in [0.5, 0.6) is 0 Å². The maximum absolute atomic E-state index is 12.9. The fraction of sp³-hybridized carbons (Fsp3) is 0.333. The Morgan fingerprint density at radius 1 is 1.26 bits per heavy atom. The van der Waals surface area contributed by atoms with E-state index in [9.17, 15) is 13.2 Å². The average molecular weight is 288 g/mol. The molecule has 0 aliphatic heterocycles. The van der Waals surface area contributed by atoms with E-state index in [1.165, 1.54) is 17.0 Å². The van der Waals surface area contributed by atoms with Gasteiger partial charge in [0, 0.05) is 24.4 Å². The Balaban J connectivity index is 2.08. The molecule has 0 amide bonds. The monoisotopic (exact) mass is 287 g/mol. The van der Waals surface area contributed by atoms with Crippen molar-refractivity contribution in [1.82, 2.24) is 14.5 Å². The first kappa shape index (κ1) is 12.5. The first-order valence-corrected chi connectivity index (χ1v) is 6.10. The van der Waals surface area contributed by atoms with Crippen LogP contribution >= 0.6 is 11.6 Å². The molecule has 1 fully saturated rings. The van der Waals surface area contributed by atoms with Gasteiger partial charge in [-0.15, -0.1) is 0 Å². The molecule has 1 aliphatic carbocycles. The van der Waals surface area contributed by atoms with Crippen molar-refractivity contribution < 1.29 is 13.2 Å². The predicted molar refractivity (Wildman–Crippen MR) is 63.3 cm³/mol. The van der Waals surface area contributed by atoms with Crippen LogP contribution in [0.25, 0.3) is 5.69 Å². The van der Waals surface area contributed by atoms with E-state index in [2.05, 4.69) is 9.97 Å². The van der Waals surface area contributed by atoms with E-state index in [1.807, 2.05) is 0 Å². The summed E-state index contributed by atoms with van der Waals surface area (Å²) in [5, 5.41) is 0.0182. The fourth-order valence-electron chi connectivity index (χ4n) is 1.91. The van der Waals surface area contributed by atoms with Gasteiger partial charge in [-0.05, 0) is 12.8 Å². The number of aromatic nitrogens is 3. The van der Waals surface area contributed by atoms with Crippen molar-refractivity contribution >= 4 is 11.6 Å². The number of nitrogens with zero attached hydrogens (tertiary/aromatic N) is 3. The zero-order chi connectivity index (χ0) is 13.6. The molecular weight excluding hydrogens is 279 g/mol. The molecule has 0 bridgehead atoms. The van der Waals surface area contributed by atoms with Crippen molar-refractivity contribution in [2.45, 2.75) is 24.9 Å². The third-order valence-electron chi connectivity index (χ3n) is 3.03. The Hall–Kier alpha value is -1.56. The smallest absolute Gasteiger partial charge is 0.305 e. The molecule has 3 nitrogen and oxygen atoms in total. The molecule has 1 aliphatic rings. The zero-order valence-electron chi connectivity index (χ0n) is 9.65. The van der Waals surface area contributed by atoms with Gasteiger partial charge in [-0.25, -0.2) is 9.97 Å². The van der Waals surface area contributed by atoms with Gasteiger partial charge < -0.3 is 4.57 Å². The molecule has 2 aromatic rings. The van der Waals surface area contributed by atoms with Crippen LogP contribution in [0.1, 0.15) is 30.0 Å². The standard InChI is InChI=1S/C12H9ClF3N3/c13-11-3-10(8(4-17-11)12(14,15)16)19-5-9(18-6-19)7-1-2-7/h3-7H,1-2H2. The van der Waals surface area contributed by atoms with E-state index >= 15 is 0 Å². The average Bonchev–Trinajstić information content (AvgIpc) is 3.05. The van der Waals surface area contributed by atoms with E-state index in [0.29, 0.717) is 5.92 Å². The lowest BCUT2D eigenvalue weighted by Crippen LogP contribution is -2.11. The van der Waals surface area contributed by atoms with Gasteiger partial charge in [0.2, 0.25) is 0 Å². The first-order chi connectivity index (χ1) is 8.95. The second-order valence-electron chi connectivity index (χ2n) is 4.50. The fourth-order valence-corrected chi connectivity index (χ4v) is 2.06. The lowest BCUT2D eigenvalue weighted by molar-refractivity contribution is -0.137. The van der Waals surface area contributed by atoms with Gasteiger partial charge in [-0.2, -0.15) is 13.2 Å². The number of hydrogen-bond donors (Lipinski definition) is 0. The van der Waals surface area contributed by atoms with E-state index in [1.54, 1.807) is 6.20 Å². The summed E-state index contributed by atoms with van der Waals surface area (Å²) < 4.78 is 40.1. The lowest BCUT2D eigenvalue weighted by Gasteiger charge is -2.12. The highest BCUT2D eigenvalue weighted by atomic mass is 35.5. The number of pyridine rings is 1. The van der Waals surface area contributed by atoms with Crippen molar-refractivity contribution in [1.29, 1.82) is 0 Å². The molecule has 1 saturated carbocycles. The summed E-state index contributed by atoms with van der Waals surface area (Å²) in [7, 11) is 0. The topological polar surface area (TPSA) is 30.7 Å². The minimum Gasteiger partial charge on any atom is -0.305 e. The normalized spacial score (nSPS) is 15.8. The van der Waals surface area contributed by atoms with Crippen molar-refractivity contribution in [3.05, 3.63) is 41.2 Å². The number of imidazole rings is 1. The minimum atomic E-state index is -4.48. The van der Waals surface area contributed by atoms with Crippen LogP contribution in [-0.2, 0) is 6.18 Å². The Morgan fingerprint density at radius 2 is 2.00 bits per heavy atom. The largest absolute Gasteiger partial charge is 0.419 e.